The third-order valence-electron chi connectivity index (χ3n) is 4.57. The Morgan fingerprint density at radius 1 is 1.22 bits per heavy atom. The molecule has 1 aliphatic carbocycles. The number of rotatable bonds is 4. The highest BCUT2D eigenvalue weighted by Crippen LogP contribution is 2.36. The van der Waals surface area contributed by atoms with Crippen LogP contribution in [0.1, 0.15) is 25.3 Å². The van der Waals surface area contributed by atoms with E-state index in [1.54, 1.807) is 6.20 Å². The first-order chi connectivity index (χ1) is 11.2. The van der Waals surface area contributed by atoms with Crippen molar-refractivity contribution in [3.63, 3.8) is 0 Å². The van der Waals surface area contributed by atoms with Crippen molar-refractivity contribution in [2.24, 2.45) is 5.92 Å². The summed E-state index contributed by atoms with van der Waals surface area (Å²) in [5.74, 6) is 0.865. The number of hydrogen-bond donors (Lipinski definition) is 1. The number of para-hydroxylation sites is 1. The first-order valence-electron chi connectivity index (χ1n) is 8.06. The van der Waals surface area contributed by atoms with E-state index in [2.05, 4.69) is 15.3 Å². The maximum absolute atomic E-state index is 12.6. The molecule has 1 amide bonds. The van der Waals surface area contributed by atoms with Crippen molar-refractivity contribution in [2.75, 3.05) is 23.3 Å². The first kappa shape index (κ1) is 14.6. The molecule has 0 bridgehead atoms. The minimum absolute atomic E-state index is 0.0196. The van der Waals surface area contributed by atoms with E-state index in [9.17, 15) is 4.79 Å². The molecule has 2 aliphatic rings. The molecule has 4 rings (SSSR count). The number of halogens is 1. The molecule has 6 heteroatoms. The van der Waals surface area contributed by atoms with Crippen LogP contribution in [-0.2, 0) is 4.79 Å². The van der Waals surface area contributed by atoms with Gasteiger partial charge in [-0.1, -0.05) is 23.7 Å². The van der Waals surface area contributed by atoms with E-state index in [0.717, 1.165) is 42.3 Å². The number of amides is 1. The summed E-state index contributed by atoms with van der Waals surface area (Å²) in [4.78, 5) is 14.7. The topological polar surface area (TPSA) is 50.2 Å². The summed E-state index contributed by atoms with van der Waals surface area (Å²) >= 11 is 6.26. The lowest BCUT2D eigenvalue weighted by molar-refractivity contribution is -0.119. The number of hydrogen-bond acceptors (Lipinski definition) is 3. The molecule has 120 valence electrons. The van der Waals surface area contributed by atoms with Crippen molar-refractivity contribution in [3.05, 3.63) is 41.6 Å². The summed E-state index contributed by atoms with van der Waals surface area (Å²) in [5.41, 5.74) is 1.01. The number of carbonyl (C=O) groups is 1. The molecule has 1 unspecified atom stereocenters. The fraction of sp³-hybridized carbons (Fsp3) is 0.412. The van der Waals surface area contributed by atoms with Crippen LogP contribution in [0.25, 0.3) is 0 Å². The van der Waals surface area contributed by atoms with Gasteiger partial charge < -0.3 is 10.2 Å². The minimum Gasteiger partial charge on any atom is -0.370 e. The molecule has 5 nitrogen and oxygen atoms in total. The molecule has 23 heavy (non-hydrogen) atoms. The van der Waals surface area contributed by atoms with Gasteiger partial charge in [0.05, 0.1) is 28.9 Å². The van der Waals surface area contributed by atoms with Crippen LogP contribution in [0.2, 0.25) is 5.02 Å². The van der Waals surface area contributed by atoms with E-state index in [1.165, 1.54) is 0 Å². The Kier molecular flexibility index (Phi) is 3.73. The predicted molar refractivity (Wildman–Crippen MR) is 90.9 cm³/mol. The Bertz CT molecular complexity index is 725. The molecule has 1 saturated heterocycles. The van der Waals surface area contributed by atoms with E-state index >= 15 is 0 Å². The number of aromatic nitrogens is 2. The van der Waals surface area contributed by atoms with Crippen LogP contribution in [-0.4, -0.2) is 28.8 Å². The third kappa shape index (κ3) is 2.93. The summed E-state index contributed by atoms with van der Waals surface area (Å²) in [7, 11) is 0. The Hall–Kier alpha value is -2.01. The van der Waals surface area contributed by atoms with Gasteiger partial charge in [-0.3, -0.25) is 4.79 Å². The highest BCUT2D eigenvalue weighted by Gasteiger charge is 2.31. The molecular weight excluding hydrogens is 312 g/mol. The highest BCUT2D eigenvalue weighted by molar-refractivity contribution is 6.33. The lowest BCUT2D eigenvalue weighted by Crippen LogP contribution is -2.28. The monoisotopic (exact) mass is 330 g/mol. The number of nitrogens with one attached hydrogen (secondary N) is 1. The van der Waals surface area contributed by atoms with Crippen LogP contribution in [0.15, 0.2) is 36.5 Å². The molecule has 1 N–H and O–H groups in total. The zero-order valence-corrected chi connectivity index (χ0v) is 13.5. The molecule has 1 aromatic carbocycles. The van der Waals surface area contributed by atoms with Crippen molar-refractivity contribution in [2.45, 2.75) is 25.3 Å². The quantitative estimate of drug-likeness (QED) is 0.935. The predicted octanol–water partition coefficient (Wildman–Crippen LogP) is 3.34. The molecule has 2 heterocycles. The molecule has 1 atom stereocenters. The van der Waals surface area contributed by atoms with Crippen LogP contribution < -0.4 is 10.2 Å². The lowest BCUT2D eigenvalue weighted by atomic mass is 10.1. The van der Waals surface area contributed by atoms with Crippen LogP contribution >= 0.6 is 11.6 Å². The van der Waals surface area contributed by atoms with Crippen LogP contribution in [0, 0.1) is 5.92 Å². The summed E-state index contributed by atoms with van der Waals surface area (Å²) in [6, 6.07) is 10.1. The van der Waals surface area contributed by atoms with Crippen LogP contribution in [0.4, 0.5) is 11.5 Å². The summed E-state index contributed by atoms with van der Waals surface area (Å²) < 4.78 is 1.93. The Morgan fingerprint density at radius 2 is 2.04 bits per heavy atom. The van der Waals surface area contributed by atoms with E-state index in [1.807, 2.05) is 35.0 Å². The zero-order chi connectivity index (χ0) is 15.8. The average molecular weight is 331 g/mol. The van der Waals surface area contributed by atoms with Crippen LogP contribution in [0.5, 0.6) is 0 Å². The fourth-order valence-corrected chi connectivity index (χ4v) is 3.41. The molecule has 2 aromatic rings. The van der Waals surface area contributed by atoms with Gasteiger partial charge >= 0.3 is 0 Å². The first-order valence-corrected chi connectivity index (χ1v) is 8.44. The summed E-state index contributed by atoms with van der Waals surface area (Å²) in [5, 5.41) is 8.08. The van der Waals surface area contributed by atoms with Crippen molar-refractivity contribution in [1.82, 2.24) is 9.78 Å². The van der Waals surface area contributed by atoms with Gasteiger partial charge in [0.25, 0.3) is 0 Å². The normalized spacial score (nSPS) is 20.7. The number of anilines is 2. The Balaban J connectivity index is 1.42. The summed E-state index contributed by atoms with van der Waals surface area (Å²) in [6.07, 6.45) is 4.88. The maximum atomic E-state index is 12.6. The maximum Gasteiger partial charge on any atom is 0.230 e. The summed E-state index contributed by atoms with van der Waals surface area (Å²) in [6.45, 7) is 1.55. The van der Waals surface area contributed by atoms with Crippen molar-refractivity contribution >= 4 is 29.0 Å². The van der Waals surface area contributed by atoms with Gasteiger partial charge in [-0.25, -0.2) is 4.68 Å². The molecule has 1 aliphatic heterocycles. The molecule has 2 fully saturated rings. The lowest BCUT2D eigenvalue weighted by Gasteiger charge is -2.19. The average Bonchev–Trinajstić information content (AvgIpc) is 3.09. The number of benzene rings is 1. The minimum atomic E-state index is -0.0196. The standard InChI is InChI=1S/C17H19ClN4O/c18-14-3-1-2-4-15(14)21-10-8-12(11-21)17(23)20-16-7-9-19-22(16)13-5-6-13/h1-4,7,9,12-13H,5-6,8,10-11H2,(H,20,23). The van der Waals surface area contributed by atoms with Crippen molar-refractivity contribution in [3.8, 4) is 0 Å². The Morgan fingerprint density at radius 3 is 2.83 bits per heavy atom. The van der Waals surface area contributed by atoms with Gasteiger partial charge in [-0.15, -0.1) is 0 Å². The van der Waals surface area contributed by atoms with Gasteiger partial charge in [0, 0.05) is 19.2 Å². The van der Waals surface area contributed by atoms with Crippen molar-refractivity contribution < 1.29 is 4.79 Å². The smallest absolute Gasteiger partial charge is 0.230 e. The highest BCUT2D eigenvalue weighted by atomic mass is 35.5. The molecule has 0 spiro atoms. The second-order valence-corrected chi connectivity index (χ2v) is 6.67. The Labute approximate surface area is 140 Å². The van der Waals surface area contributed by atoms with Gasteiger partial charge in [0.15, 0.2) is 0 Å². The van der Waals surface area contributed by atoms with Gasteiger partial charge in [0.1, 0.15) is 5.82 Å². The third-order valence-corrected chi connectivity index (χ3v) is 4.89. The molecule has 1 aromatic heterocycles. The van der Waals surface area contributed by atoms with Gasteiger partial charge in [-0.2, -0.15) is 5.10 Å². The van der Waals surface area contributed by atoms with E-state index < -0.39 is 0 Å². The van der Waals surface area contributed by atoms with E-state index in [-0.39, 0.29) is 11.8 Å². The van der Waals surface area contributed by atoms with E-state index in [0.29, 0.717) is 12.6 Å². The molecular formula is C17H19ClN4O. The largest absolute Gasteiger partial charge is 0.370 e. The number of carbonyl (C=O) groups excluding carboxylic acids is 1. The SMILES string of the molecule is O=C(Nc1ccnn1C1CC1)C1CCN(c2ccccc2Cl)C1. The van der Waals surface area contributed by atoms with Gasteiger partial charge in [0.2, 0.25) is 5.91 Å². The molecule has 1 saturated carbocycles. The molecule has 0 radical (unpaired) electrons. The second kappa shape index (κ2) is 5.89. The van der Waals surface area contributed by atoms with Crippen LogP contribution in [0.3, 0.4) is 0 Å². The zero-order valence-electron chi connectivity index (χ0n) is 12.8. The van der Waals surface area contributed by atoms with Crippen molar-refractivity contribution in [1.29, 1.82) is 0 Å². The van der Waals surface area contributed by atoms with Gasteiger partial charge in [-0.05, 0) is 31.4 Å². The fourth-order valence-electron chi connectivity index (χ4n) is 3.15. The second-order valence-electron chi connectivity index (χ2n) is 6.26. The number of nitrogens with zero attached hydrogens (tertiary/aromatic N) is 3. The van der Waals surface area contributed by atoms with E-state index in [4.69, 9.17) is 11.6 Å².